The van der Waals surface area contributed by atoms with Crippen LogP contribution in [0.5, 0.6) is 11.5 Å². The van der Waals surface area contributed by atoms with Crippen molar-refractivity contribution in [2.75, 3.05) is 7.11 Å². The van der Waals surface area contributed by atoms with Crippen LogP contribution in [0.25, 0.3) is 0 Å². The molecule has 0 aliphatic rings. The Hall–Kier alpha value is -2.61. The van der Waals surface area contributed by atoms with Crippen LogP contribution in [0.15, 0.2) is 18.2 Å². The van der Waals surface area contributed by atoms with Gasteiger partial charge in [0, 0.05) is 6.42 Å². The van der Waals surface area contributed by atoms with Crippen LogP contribution >= 0.6 is 0 Å². The Balaban J connectivity index is 2.72. The summed E-state index contributed by atoms with van der Waals surface area (Å²) in [5.41, 5.74) is 6.30. The summed E-state index contributed by atoms with van der Waals surface area (Å²) >= 11 is 0. The molecule has 1 aromatic rings. The standard InChI is InChI=1S/C15H20N2O6/c1-8(18)5-11(15(22)23-2)17-14(21)10(16)6-9-3-4-12(19)13(20)7-9/h3-4,7,10-11,19-20H,5-6,16H2,1-2H3,(H,17,21)/t10-,11-/m0/s1. The molecule has 2 atom stereocenters. The molecule has 1 rings (SSSR count). The van der Waals surface area contributed by atoms with E-state index in [1.54, 1.807) is 0 Å². The number of phenols is 2. The minimum atomic E-state index is -1.09. The highest BCUT2D eigenvalue weighted by Gasteiger charge is 2.25. The van der Waals surface area contributed by atoms with E-state index < -0.39 is 24.0 Å². The molecule has 5 N–H and O–H groups in total. The van der Waals surface area contributed by atoms with Gasteiger partial charge in [-0.3, -0.25) is 9.59 Å². The lowest BCUT2D eigenvalue weighted by molar-refractivity contribution is -0.146. The quantitative estimate of drug-likeness (QED) is 0.395. The normalized spacial score (nSPS) is 13.0. The van der Waals surface area contributed by atoms with Crippen LogP contribution in [0.1, 0.15) is 18.9 Å². The number of Topliss-reactive ketones (excluding diaryl/α,β-unsaturated/α-hetero) is 1. The number of rotatable bonds is 7. The zero-order chi connectivity index (χ0) is 17.6. The molecule has 8 nitrogen and oxygen atoms in total. The molecule has 8 heteroatoms. The molecular weight excluding hydrogens is 304 g/mol. The maximum atomic E-state index is 12.0. The largest absolute Gasteiger partial charge is 0.504 e. The summed E-state index contributed by atoms with van der Waals surface area (Å²) < 4.78 is 4.53. The highest BCUT2D eigenvalue weighted by atomic mass is 16.5. The van der Waals surface area contributed by atoms with E-state index in [0.29, 0.717) is 5.56 Å². The number of nitrogens with one attached hydrogen (secondary N) is 1. The van der Waals surface area contributed by atoms with Crippen LogP contribution in [0.2, 0.25) is 0 Å². The molecule has 0 aliphatic carbocycles. The average Bonchev–Trinajstić information content (AvgIpc) is 2.48. The number of phenolic OH excluding ortho intramolecular Hbond substituents is 2. The number of hydrogen-bond acceptors (Lipinski definition) is 7. The van der Waals surface area contributed by atoms with Gasteiger partial charge >= 0.3 is 5.97 Å². The number of ether oxygens (including phenoxy) is 1. The molecule has 0 radical (unpaired) electrons. The Morgan fingerprint density at radius 3 is 2.43 bits per heavy atom. The van der Waals surface area contributed by atoms with Crippen molar-refractivity contribution in [3.8, 4) is 11.5 Å². The summed E-state index contributed by atoms with van der Waals surface area (Å²) in [4.78, 5) is 34.7. The molecule has 0 fully saturated rings. The second-order valence-corrected chi connectivity index (χ2v) is 5.12. The SMILES string of the molecule is COC(=O)[C@H](CC(C)=O)NC(=O)[C@@H](N)Cc1ccc(O)c(O)c1. The van der Waals surface area contributed by atoms with Crippen molar-refractivity contribution in [2.45, 2.75) is 31.8 Å². The Labute approximate surface area is 133 Å². The number of methoxy groups -OCH3 is 1. The maximum Gasteiger partial charge on any atom is 0.328 e. The Bertz CT molecular complexity index is 602. The molecule has 0 heterocycles. The van der Waals surface area contributed by atoms with Crippen LogP contribution in [-0.2, 0) is 25.5 Å². The second kappa shape index (κ2) is 8.14. The predicted molar refractivity (Wildman–Crippen MR) is 80.7 cm³/mol. The minimum Gasteiger partial charge on any atom is -0.504 e. The number of nitrogens with two attached hydrogens (primary N) is 1. The van der Waals surface area contributed by atoms with Crippen molar-refractivity contribution < 1.29 is 29.3 Å². The van der Waals surface area contributed by atoms with Crippen LogP contribution in [0.3, 0.4) is 0 Å². The van der Waals surface area contributed by atoms with Gasteiger partial charge in [0.1, 0.15) is 11.8 Å². The lowest BCUT2D eigenvalue weighted by atomic mass is 10.0. The summed E-state index contributed by atoms with van der Waals surface area (Å²) in [6.45, 7) is 1.29. The number of carbonyl (C=O) groups is 3. The molecule has 23 heavy (non-hydrogen) atoms. The fraction of sp³-hybridized carbons (Fsp3) is 0.400. The smallest absolute Gasteiger partial charge is 0.328 e. The van der Waals surface area contributed by atoms with Gasteiger partial charge in [0.2, 0.25) is 5.91 Å². The molecule has 0 saturated carbocycles. The third-order valence-electron chi connectivity index (χ3n) is 3.13. The fourth-order valence-corrected chi connectivity index (χ4v) is 1.94. The van der Waals surface area contributed by atoms with Crippen LogP contribution in [0, 0.1) is 0 Å². The third kappa shape index (κ3) is 5.59. The average molecular weight is 324 g/mol. The molecule has 126 valence electrons. The topological polar surface area (TPSA) is 139 Å². The first kappa shape index (κ1) is 18.4. The number of esters is 1. The number of amides is 1. The molecule has 0 aliphatic heterocycles. The molecule has 0 bridgehead atoms. The zero-order valence-corrected chi connectivity index (χ0v) is 12.9. The summed E-state index contributed by atoms with van der Waals surface area (Å²) in [6.07, 6.45) is -0.112. The number of ketones is 1. The van der Waals surface area contributed by atoms with E-state index in [2.05, 4.69) is 10.1 Å². The molecule has 1 amide bonds. The number of aromatic hydroxyl groups is 2. The van der Waals surface area contributed by atoms with Gasteiger partial charge in [0.15, 0.2) is 11.5 Å². The first-order valence-electron chi connectivity index (χ1n) is 6.88. The number of hydrogen-bond donors (Lipinski definition) is 4. The van der Waals surface area contributed by atoms with Crippen molar-refractivity contribution >= 4 is 17.7 Å². The zero-order valence-electron chi connectivity index (χ0n) is 12.9. The van der Waals surface area contributed by atoms with Crippen LogP contribution in [-0.4, -0.2) is 47.1 Å². The molecule has 1 aromatic carbocycles. The highest BCUT2D eigenvalue weighted by Crippen LogP contribution is 2.25. The van der Waals surface area contributed by atoms with Gasteiger partial charge in [-0.05, 0) is 31.0 Å². The van der Waals surface area contributed by atoms with Gasteiger partial charge in [-0.25, -0.2) is 4.79 Å². The van der Waals surface area contributed by atoms with E-state index >= 15 is 0 Å². The minimum absolute atomic E-state index is 0.0770. The van der Waals surface area contributed by atoms with E-state index in [0.717, 1.165) is 7.11 Å². The third-order valence-corrected chi connectivity index (χ3v) is 3.13. The lowest BCUT2D eigenvalue weighted by Crippen LogP contribution is -2.50. The monoisotopic (exact) mass is 324 g/mol. The van der Waals surface area contributed by atoms with Gasteiger partial charge < -0.3 is 26.0 Å². The van der Waals surface area contributed by atoms with Gasteiger partial charge in [-0.1, -0.05) is 6.07 Å². The summed E-state index contributed by atoms with van der Waals surface area (Å²) in [5.74, 6) is -2.24. The summed E-state index contributed by atoms with van der Waals surface area (Å²) in [6, 6.07) is 1.98. The first-order valence-corrected chi connectivity index (χ1v) is 6.88. The van der Waals surface area contributed by atoms with E-state index in [-0.39, 0.29) is 30.1 Å². The van der Waals surface area contributed by atoms with Crippen LogP contribution < -0.4 is 11.1 Å². The van der Waals surface area contributed by atoms with Gasteiger partial charge in [0.25, 0.3) is 0 Å². The van der Waals surface area contributed by atoms with E-state index in [1.165, 1.54) is 25.1 Å². The highest BCUT2D eigenvalue weighted by molar-refractivity contribution is 5.91. The van der Waals surface area contributed by atoms with Crippen molar-refractivity contribution in [2.24, 2.45) is 5.73 Å². The molecule has 0 unspecified atom stereocenters. The Morgan fingerprint density at radius 1 is 1.26 bits per heavy atom. The van der Waals surface area contributed by atoms with Crippen LogP contribution in [0.4, 0.5) is 0 Å². The second-order valence-electron chi connectivity index (χ2n) is 5.12. The first-order chi connectivity index (χ1) is 10.7. The molecule has 0 saturated heterocycles. The lowest BCUT2D eigenvalue weighted by Gasteiger charge is -2.18. The molecular formula is C15H20N2O6. The number of benzene rings is 1. The fourth-order valence-electron chi connectivity index (χ4n) is 1.94. The summed E-state index contributed by atoms with van der Waals surface area (Å²) in [5, 5.41) is 21.0. The number of carbonyl (C=O) groups excluding carboxylic acids is 3. The van der Waals surface area contributed by atoms with Gasteiger partial charge in [-0.2, -0.15) is 0 Å². The predicted octanol–water partition coefficient (Wildman–Crippen LogP) is -0.395. The maximum absolute atomic E-state index is 12.0. The van der Waals surface area contributed by atoms with E-state index in [9.17, 15) is 24.6 Å². The van der Waals surface area contributed by atoms with Crippen molar-refractivity contribution in [3.63, 3.8) is 0 Å². The van der Waals surface area contributed by atoms with Crippen molar-refractivity contribution in [1.82, 2.24) is 5.32 Å². The van der Waals surface area contributed by atoms with E-state index in [1.807, 2.05) is 0 Å². The summed E-state index contributed by atoms with van der Waals surface area (Å²) in [7, 11) is 1.15. The Morgan fingerprint density at radius 2 is 1.91 bits per heavy atom. The Kier molecular flexibility index (Phi) is 6.52. The molecule has 0 aromatic heterocycles. The van der Waals surface area contributed by atoms with Crippen molar-refractivity contribution in [3.05, 3.63) is 23.8 Å². The van der Waals surface area contributed by atoms with E-state index in [4.69, 9.17) is 5.73 Å². The molecule has 0 spiro atoms. The van der Waals surface area contributed by atoms with Crippen molar-refractivity contribution in [1.29, 1.82) is 0 Å². The van der Waals surface area contributed by atoms with Gasteiger partial charge in [0.05, 0.1) is 13.2 Å². The van der Waals surface area contributed by atoms with Gasteiger partial charge in [-0.15, -0.1) is 0 Å².